The van der Waals surface area contributed by atoms with Gasteiger partial charge in [0.05, 0.1) is 0 Å². The first-order chi connectivity index (χ1) is 10.3. The summed E-state index contributed by atoms with van der Waals surface area (Å²) >= 11 is 17.1. The molecule has 0 spiro atoms. The summed E-state index contributed by atoms with van der Waals surface area (Å²) in [5, 5.41) is 7.41. The van der Waals surface area contributed by atoms with E-state index in [0.717, 1.165) is 11.3 Å². The van der Waals surface area contributed by atoms with Crippen molar-refractivity contribution in [2.75, 3.05) is 5.32 Å². The Hall–Kier alpha value is -1.56. The Balaban J connectivity index is 2.03. The number of aryl methyl sites for hydroxylation is 2. The van der Waals surface area contributed by atoms with Crippen molar-refractivity contribution in [3.8, 4) is 0 Å². The molecule has 116 valence electrons. The van der Waals surface area contributed by atoms with Crippen LogP contribution >= 0.6 is 35.4 Å². The number of hydrogen-bond acceptors (Lipinski definition) is 2. The average Bonchev–Trinajstić information content (AvgIpc) is 2.35. The smallest absolute Gasteiger partial charge is 0.253 e. The molecule has 0 aliphatic heterocycles. The van der Waals surface area contributed by atoms with Crippen molar-refractivity contribution in [1.29, 1.82) is 0 Å². The third-order valence-corrected chi connectivity index (χ3v) is 3.72. The Kier molecular flexibility index (Phi) is 5.45. The van der Waals surface area contributed by atoms with E-state index in [-0.39, 0.29) is 5.56 Å². The number of benzene rings is 1. The van der Waals surface area contributed by atoms with Crippen LogP contribution in [-0.2, 0) is 6.54 Å². The van der Waals surface area contributed by atoms with Crippen LogP contribution in [-0.4, -0.2) is 10.1 Å². The van der Waals surface area contributed by atoms with E-state index in [1.54, 1.807) is 18.2 Å². The minimum atomic E-state index is -0.112. The highest BCUT2D eigenvalue weighted by molar-refractivity contribution is 7.80. The number of aromatic nitrogens is 1. The number of thiocarbonyl (C=S) groups is 1. The Labute approximate surface area is 143 Å². The van der Waals surface area contributed by atoms with Gasteiger partial charge in [-0.05, 0) is 55.9 Å². The first-order valence-corrected chi connectivity index (χ1v) is 7.72. The number of pyridine rings is 1. The third-order valence-electron chi connectivity index (χ3n) is 3.04. The van der Waals surface area contributed by atoms with E-state index in [1.807, 2.05) is 19.9 Å². The van der Waals surface area contributed by atoms with Crippen molar-refractivity contribution in [2.45, 2.75) is 20.4 Å². The van der Waals surface area contributed by atoms with Crippen LogP contribution in [0.25, 0.3) is 0 Å². The average molecular weight is 356 g/mol. The highest BCUT2D eigenvalue weighted by Gasteiger charge is 2.06. The molecule has 7 heteroatoms. The molecule has 0 fully saturated rings. The van der Waals surface area contributed by atoms with E-state index in [9.17, 15) is 4.79 Å². The summed E-state index contributed by atoms with van der Waals surface area (Å²) in [6, 6.07) is 6.99. The number of nitrogens with one attached hydrogen (secondary N) is 3. The number of halogens is 2. The Morgan fingerprint density at radius 1 is 1.18 bits per heavy atom. The van der Waals surface area contributed by atoms with Gasteiger partial charge in [0.15, 0.2) is 5.11 Å². The van der Waals surface area contributed by atoms with Gasteiger partial charge in [0.25, 0.3) is 5.56 Å². The quantitative estimate of drug-likeness (QED) is 0.733. The van der Waals surface area contributed by atoms with Gasteiger partial charge in [-0.1, -0.05) is 23.2 Å². The molecular formula is C15H15Cl2N3OS. The van der Waals surface area contributed by atoms with Crippen molar-refractivity contribution >= 4 is 46.2 Å². The monoisotopic (exact) mass is 355 g/mol. The van der Waals surface area contributed by atoms with Crippen LogP contribution in [0.3, 0.4) is 0 Å². The fourth-order valence-electron chi connectivity index (χ4n) is 2.07. The summed E-state index contributed by atoms with van der Waals surface area (Å²) in [7, 11) is 0. The second-order valence-corrected chi connectivity index (χ2v) is 6.19. The summed E-state index contributed by atoms with van der Waals surface area (Å²) in [5.41, 5.74) is 2.98. The number of rotatable bonds is 3. The normalized spacial score (nSPS) is 10.4. The van der Waals surface area contributed by atoms with Crippen LogP contribution in [0.1, 0.15) is 16.8 Å². The van der Waals surface area contributed by atoms with Gasteiger partial charge in [-0.15, -0.1) is 0 Å². The van der Waals surface area contributed by atoms with Gasteiger partial charge >= 0.3 is 0 Å². The summed E-state index contributed by atoms with van der Waals surface area (Å²) in [6.45, 7) is 4.08. The van der Waals surface area contributed by atoms with Gasteiger partial charge in [-0.25, -0.2) is 0 Å². The second-order valence-electron chi connectivity index (χ2n) is 4.91. The molecule has 2 rings (SSSR count). The molecule has 0 atom stereocenters. The fraction of sp³-hybridized carbons (Fsp3) is 0.200. The van der Waals surface area contributed by atoms with Crippen molar-refractivity contribution in [3.63, 3.8) is 0 Å². The third kappa shape index (κ3) is 4.47. The highest BCUT2D eigenvalue weighted by Crippen LogP contribution is 2.22. The molecule has 0 radical (unpaired) electrons. The van der Waals surface area contributed by atoms with E-state index < -0.39 is 0 Å². The van der Waals surface area contributed by atoms with Gasteiger partial charge in [0.1, 0.15) is 0 Å². The Morgan fingerprint density at radius 2 is 1.82 bits per heavy atom. The fourth-order valence-corrected chi connectivity index (χ4v) is 2.79. The minimum Gasteiger partial charge on any atom is -0.358 e. The molecule has 0 aliphatic rings. The minimum absolute atomic E-state index is 0.112. The van der Waals surface area contributed by atoms with Gasteiger partial charge in [-0.3, -0.25) is 4.79 Å². The summed E-state index contributed by atoms with van der Waals surface area (Å²) in [6.07, 6.45) is 0. The maximum absolute atomic E-state index is 11.9. The number of H-pyrrole nitrogens is 1. The van der Waals surface area contributed by atoms with E-state index in [2.05, 4.69) is 15.6 Å². The van der Waals surface area contributed by atoms with Crippen LogP contribution in [0, 0.1) is 13.8 Å². The SMILES string of the molecule is Cc1cc(C)c(CNC(=S)Nc2cc(Cl)cc(Cl)c2)c(=O)[nH]1. The molecule has 4 nitrogen and oxygen atoms in total. The van der Waals surface area contributed by atoms with E-state index >= 15 is 0 Å². The van der Waals surface area contributed by atoms with Crippen LogP contribution in [0.2, 0.25) is 10.0 Å². The zero-order valence-electron chi connectivity index (χ0n) is 12.1. The zero-order chi connectivity index (χ0) is 16.3. The molecule has 0 unspecified atom stereocenters. The lowest BCUT2D eigenvalue weighted by Crippen LogP contribution is -2.31. The molecule has 0 aliphatic carbocycles. The molecule has 1 heterocycles. The molecule has 2 aromatic rings. The molecule has 0 amide bonds. The molecule has 0 bridgehead atoms. The lowest BCUT2D eigenvalue weighted by atomic mass is 10.1. The predicted octanol–water partition coefficient (Wildman–Crippen LogP) is 3.79. The summed E-state index contributed by atoms with van der Waals surface area (Å²) in [4.78, 5) is 14.7. The van der Waals surface area contributed by atoms with E-state index in [1.165, 1.54) is 0 Å². The van der Waals surface area contributed by atoms with Crippen LogP contribution in [0.15, 0.2) is 29.1 Å². The molecule has 3 N–H and O–H groups in total. The van der Waals surface area contributed by atoms with Gasteiger partial charge < -0.3 is 15.6 Å². The maximum atomic E-state index is 11.9. The van der Waals surface area contributed by atoms with E-state index in [0.29, 0.717) is 33.0 Å². The van der Waals surface area contributed by atoms with Gasteiger partial charge in [0, 0.05) is 33.5 Å². The lowest BCUT2D eigenvalue weighted by molar-refractivity contribution is 0.884. The van der Waals surface area contributed by atoms with Gasteiger partial charge in [0.2, 0.25) is 0 Å². The lowest BCUT2D eigenvalue weighted by Gasteiger charge is -2.12. The van der Waals surface area contributed by atoms with Crippen molar-refractivity contribution in [1.82, 2.24) is 10.3 Å². The number of anilines is 1. The molecule has 0 saturated heterocycles. The first kappa shape index (κ1) is 16.8. The number of hydrogen-bond donors (Lipinski definition) is 3. The highest BCUT2D eigenvalue weighted by atomic mass is 35.5. The van der Waals surface area contributed by atoms with Crippen LogP contribution < -0.4 is 16.2 Å². The standard InChI is InChI=1S/C15H15Cl2N3OS/c1-8-3-9(2)19-14(21)13(8)7-18-15(22)20-12-5-10(16)4-11(17)6-12/h3-6H,7H2,1-2H3,(H,19,21)(H2,18,20,22). The second kappa shape index (κ2) is 7.13. The molecular weight excluding hydrogens is 341 g/mol. The largest absolute Gasteiger partial charge is 0.358 e. The first-order valence-electron chi connectivity index (χ1n) is 6.55. The van der Waals surface area contributed by atoms with Crippen molar-refractivity contribution < 1.29 is 0 Å². The molecule has 22 heavy (non-hydrogen) atoms. The number of aromatic amines is 1. The Morgan fingerprint density at radius 3 is 2.41 bits per heavy atom. The van der Waals surface area contributed by atoms with E-state index in [4.69, 9.17) is 35.4 Å². The van der Waals surface area contributed by atoms with Crippen LogP contribution in [0.5, 0.6) is 0 Å². The summed E-state index contributed by atoms with van der Waals surface area (Å²) in [5.74, 6) is 0. The van der Waals surface area contributed by atoms with Gasteiger partial charge in [-0.2, -0.15) is 0 Å². The predicted molar refractivity (Wildman–Crippen MR) is 96.1 cm³/mol. The van der Waals surface area contributed by atoms with Crippen molar-refractivity contribution in [2.24, 2.45) is 0 Å². The molecule has 1 aromatic heterocycles. The van der Waals surface area contributed by atoms with Crippen LogP contribution in [0.4, 0.5) is 5.69 Å². The topological polar surface area (TPSA) is 56.9 Å². The summed E-state index contributed by atoms with van der Waals surface area (Å²) < 4.78 is 0. The Bertz CT molecular complexity index is 754. The maximum Gasteiger partial charge on any atom is 0.253 e. The van der Waals surface area contributed by atoms with Crippen molar-refractivity contribution in [3.05, 3.63) is 61.5 Å². The zero-order valence-corrected chi connectivity index (χ0v) is 14.4. The molecule has 0 saturated carbocycles. The molecule has 1 aromatic carbocycles.